The predicted molar refractivity (Wildman–Crippen MR) is 112 cm³/mol. The van der Waals surface area contributed by atoms with Crippen molar-refractivity contribution < 1.29 is 9.59 Å². The zero-order chi connectivity index (χ0) is 19.9. The van der Waals surface area contributed by atoms with Crippen molar-refractivity contribution in [1.29, 1.82) is 0 Å². The largest absolute Gasteiger partial charge is 0.337 e. The third kappa shape index (κ3) is 4.46. The molecule has 28 heavy (non-hydrogen) atoms. The number of hydrogen-bond acceptors (Lipinski definition) is 2. The fourth-order valence-electron chi connectivity index (χ4n) is 3.22. The minimum absolute atomic E-state index is 0.400. The Kier molecular flexibility index (Phi) is 6.22. The van der Waals surface area contributed by atoms with Crippen molar-refractivity contribution in [3.05, 3.63) is 101 Å². The van der Waals surface area contributed by atoms with Gasteiger partial charge in [-0.25, -0.2) is 0 Å². The molecule has 3 aromatic rings. The van der Waals surface area contributed by atoms with Crippen LogP contribution in [0, 0.1) is 6.92 Å². The standard InChI is InChI=1S/C24H24N2O2/c1-3-18-16-10-11-17(2)21(18)25-23(27)24(28)26-22(19-12-6-4-7-13-19)20-14-8-5-9-15-20/h4-16,22H,3H2,1-2H3,(H,25,27)(H,26,28). The van der Waals surface area contributed by atoms with Gasteiger partial charge in [0.25, 0.3) is 0 Å². The zero-order valence-electron chi connectivity index (χ0n) is 16.1. The first-order valence-corrected chi connectivity index (χ1v) is 9.40. The Labute approximate surface area is 165 Å². The second-order valence-electron chi connectivity index (χ2n) is 6.64. The topological polar surface area (TPSA) is 58.2 Å². The van der Waals surface area contributed by atoms with Crippen molar-refractivity contribution in [1.82, 2.24) is 5.32 Å². The molecule has 0 saturated heterocycles. The normalized spacial score (nSPS) is 10.5. The van der Waals surface area contributed by atoms with Gasteiger partial charge in [-0.1, -0.05) is 85.8 Å². The lowest BCUT2D eigenvalue weighted by Crippen LogP contribution is -2.38. The molecule has 0 aliphatic heterocycles. The summed E-state index contributed by atoms with van der Waals surface area (Å²) in [4.78, 5) is 25.3. The monoisotopic (exact) mass is 372 g/mol. The first-order chi connectivity index (χ1) is 13.6. The molecule has 0 atom stereocenters. The highest BCUT2D eigenvalue weighted by molar-refractivity contribution is 6.39. The maximum Gasteiger partial charge on any atom is 0.313 e. The lowest BCUT2D eigenvalue weighted by atomic mass is 9.98. The summed E-state index contributed by atoms with van der Waals surface area (Å²) in [5.41, 5.74) is 4.48. The highest BCUT2D eigenvalue weighted by Gasteiger charge is 2.22. The number of hydrogen-bond donors (Lipinski definition) is 2. The Balaban J connectivity index is 1.82. The Morgan fingerprint density at radius 3 is 1.89 bits per heavy atom. The maximum absolute atomic E-state index is 12.7. The van der Waals surface area contributed by atoms with E-state index < -0.39 is 17.9 Å². The van der Waals surface area contributed by atoms with Gasteiger partial charge in [-0.05, 0) is 35.6 Å². The molecule has 4 heteroatoms. The van der Waals surface area contributed by atoms with Gasteiger partial charge in [-0.15, -0.1) is 0 Å². The summed E-state index contributed by atoms with van der Waals surface area (Å²) in [5, 5.41) is 5.66. The Morgan fingerprint density at radius 1 is 0.786 bits per heavy atom. The van der Waals surface area contributed by atoms with Crippen LogP contribution < -0.4 is 10.6 Å². The smallest absolute Gasteiger partial charge is 0.313 e. The lowest BCUT2D eigenvalue weighted by molar-refractivity contribution is -0.136. The van der Waals surface area contributed by atoms with E-state index in [0.29, 0.717) is 5.69 Å². The third-order valence-electron chi connectivity index (χ3n) is 4.73. The van der Waals surface area contributed by atoms with E-state index in [2.05, 4.69) is 10.6 Å². The molecule has 0 heterocycles. The third-order valence-corrected chi connectivity index (χ3v) is 4.73. The quantitative estimate of drug-likeness (QED) is 0.652. The van der Waals surface area contributed by atoms with E-state index in [4.69, 9.17) is 0 Å². The molecule has 0 saturated carbocycles. The summed E-state index contributed by atoms with van der Waals surface area (Å²) in [7, 11) is 0. The van der Waals surface area contributed by atoms with E-state index in [1.165, 1.54) is 0 Å². The Bertz CT molecular complexity index is 913. The van der Waals surface area contributed by atoms with E-state index in [-0.39, 0.29) is 0 Å². The van der Waals surface area contributed by atoms with Gasteiger partial charge in [0, 0.05) is 5.69 Å². The highest BCUT2D eigenvalue weighted by atomic mass is 16.2. The number of carbonyl (C=O) groups is 2. The number of rotatable bonds is 5. The minimum atomic E-state index is -0.666. The summed E-state index contributed by atoms with van der Waals surface area (Å²) in [6.45, 7) is 3.94. The number of carbonyl (C=O) groups excluding carboxylic acids is 2. The summed E-state index contributed by atoms with van der Waals surface area (Å²) >= 11 is 0. The van der Waals surface area contributed by atoms with Crippen molar-refractivity contribution in [2.75, 3.05) is 5.32 Å². The van der Waals surface area contributed by atoms with E-state index in [9.17, 15) is 9.59 Å². The molecule has 0 unspecified atom stereocenters. The van der Waals surface area contributed by atoms with Crippen LogP contribution in [0.4, 0.5) is 5.69 Å². The number of anilines is 1. The zero-order valence-corrected chi connectivity index (χ0v) is 16.1. The average Bonchev–Trinajstić information content (AvgIpc) is 2.74. The molecule has 0 aromatic heterocycles. The molecule has 2 N–H and O–H groups in total. The second-order valence-corrected chi connectivity index (χ2v) is 6.64. The molecule has 0 fully saturated rings. The van der Waals surface area contributed by atoms with E-state index >= 15 is 0 Å². The molecule has 0 aliphatic carbocycles. The molecule has 0 aliphatic rings. The van der Waals surface area contributed by atoms with Gasteiger partial charge in [0.1, 0.15) is 0 Å². The average molecular weight is 372 g/mol. The van der Waals surface area contributed by atoms with E-state index in [1.54, 1.807) is 0 Å². The van der Waals surface area contributed by atoms with Crippen LogP contribution in [-0.2, 0) is 16.0 Å². The summed E-state index contributed by atoms with van der Waals surface area (Å²) in [6.07, 6.45) is 0.773. The van der Waals surface area contributed by atoms with Crippen molar-refractivity contribution in [3.8, 4) is 0 Å². The molecule has 0 bridgehead atoms. The molecule has 3 rings (SSSR count). The van der Waals surface area contributed by atoms with Gasteiger partial charge in [-0.3, -0.25) is 9.59 Å². The van der Waals surface area contributed by atoms with Gasteiger partial charge in [-0.2, -0.15) is 0 Å². The van der Waals surface area contributed by atoms with Crippen molar-refractivity contribution in [3.63, 3.8) is 0 Å². The maximum atomic E-state index is 12.7. The number of benzene rings is 3. The van der Waals surface area contributed by atoms with Crippen molar-refractivity contribution in [2.45, 2.75) is 26.3 Å². The van der Waals surface area contributed by atoms with Crippen LogP contribution in [0.1, 0.15) is 35.2 Å². The molecular weight excluding hydrogens is 348 g/mol. The predicted octanol–water partition coefficient (Wildman–Crippen LogP) is 4.40. The van der Waals surface area contributed by atoms with Crippen LogP contribution in [0.25, 0.3) is 0 Å². The summed E-state index contributed by atoms with van der Waals surface area (Å²) < 4.78 is 0. The summed E-state index contributed by atoms with van der Waals surface area (Å²) in [5.74, 6) is -1.33. The number of para-hydroxylation sites is 1. The SMILES string of the molecule is CCc1cccc(C)c1NC(=O)C(=O)NC(c1ccccc1)c1ccccc1. The van der Waals surface area contributed by atoms with E-state index in [1.807, 2.05) is 92.7 Å². The lowest BCUT2D eigenvalue weighted by Gasteiger charge is -2.20. The van der Waals surface area contributed by atoms with Crippen LogP contribution in [0.5, 0.6) is 0 Å². The highest BCUT2D eigenvalue weighted by Crippen LogP contribution is 2.23. The van der Waals surface area contributed by atoms with Crippen molar-refractivity contribution >= 4 is 17.5 Å². The number of aryl methyl sites for hydroxylation is 2. The van der Waals surface area contributed by atoms with Crippen LogP contribution in [0.2, 0.25) is 0 Å². The molecule has 4 nitrogen and oxygen atoms in total. The van der Waals surface area contributed by atoms with Gasteiger partial charge < -0.3 is 10.6 Å². The van der Waals surface area contributed by atoms with Crippen LogP contribution in [0.15, 0.2) is 78.9 Å². The first-order valence-electron chi connectivity index (χ1n) is 9.40. The molecule has 3 aromatic carbocycles. The molecule has 0 radical (unpaired) electrons. The van der Waals surface area contributed by atoms with Crippen LogP contribution >= 0.6 is 0 Å². The van der Waals surface area contributed by atoms with Gasteiger partial charge >= 0.3 is 11.8 Å². The van der Waals surface area contributed by atoms with Gasteiger partial charge in [0.05, 0.1) is 6.04 Å². The number of nitrogens with one attached hydrogen (secondary N) is 2. The minimum Gasteiger partial charge on any atom is -0.337 e. The second kappa shape index (κ2) is 9.00. The molecule has 142 valence electrons. The molecule has 0 spiro atoms. The van der Waals surface area contributed by atoms with Crippen LogP contribution in [0.3, 0.4) is 0 Å². The van der Waals surface area contributed by atoms with Gasteiger partial charge in [0.2, 0.25) is 0 Å². The van der Waals surface area contributed by atoms with Gasteiger partial charge in [0.15, 0.2) is 0 Å². The summed E-state index contributed by atoms with van der Waals surface area (Å²) in [6, 6.07) is 24.7. The Morgan fingerprint density at radius 2 is 1.36 bits per heavy atom. The molecular formula is C24H24N2O2. The number of amides is 2. The fraction of sp³-hybridized carbons (Fsp3) is 0.167. The van der Waals surface area contributed by atoms with Crippen molar-refractivity contribution in [2.24, 2.45) is 0 Å². The van der Waals surface area contributed by atoms with E-state index in [0.717, 1.165) is 28.7 Å². The molecule has 2 amide bonds. The first kappa shape index (κ1) is 19.4. The van der Waals surface area contributed by atoms with Crippen LogP contribution in [-0.4, -0.2) is 11.8 Å². The fourth-order valence-corrected chi connectivity index (χ4v) is 3.22. The Hall–Kier alpha value is -3.40.